The molecular weight excluding hydrogens is 490 g/mol. The molecule has 1 amide bonds. The van der Waals surface area contributed by atoms with Crippen LogP contribution in [0, 0.1) is 5.82 Å². The van der Waals surface area contributed by atoms with Crippen LogP contribution in [0.25, 0.3) is 23.0 Å². The molecule has 4 rings (SSSR count). The molecular formula is C27H19F4N3O3. The van der Waals surface area contributed by atoms with Gasteiger partial charge in [0.15, 0.2) is 6.61 Å². The molecule has 0 atom stereocenters. The van der Waals surface area contributed by atoms with Gasteiger partial charge in [0.05, 0.1) is 16.9 Å². The number of rotatable bonds is 7. The lowest BCUT2D eigenvalue weighted by Crippen LogP contribution is -2.20. The van der Waals surface area contributed by atoms with Crippen molar-refractivity contribution in [1.82, 2.24) is 9.78 Å². The predicted molar refractivity (Wildman–Crippen MR) is 129 cm³/mol. The second-order valence-corrected chi connectivity index (χ2v) is 7.78. The molecule has 10 heteroatoms. The van der Waals surface area contributed by atoms with Gasteiger partial charge in [0.1, 0.15) is 5.82 Å². The van der Waals surface area contributed by atoms with Gasteiger partial charge in [-0.3, -0.25) is 4.79 Å². The van der Waals surface area contributed by atoms with Gasteiger partial charge in [0, 0.05) is 29.1 Å². The van der Waals surface area contributed by atoms with Gasteiger partial charge >= 0.3 is 12.1 Å². The Morgan fingerprint density at radius 1 is 0.946 bits per heavy atom. The molecule has 1 N–H and O–H groups in total. The Bertz CT molecular complexity index is 1410. The molecule has 1 aromatic heterocycles. The maximum absolute atomic E-state index is 13.4. The lowest BCUT2D eigenvalue weighted by molar-refractivity contribution is -0.142. The lowest BCUT2D eigenvalue weighted by Gasteiger charge is -2.08. The number of nitrogens with one attached hydrogen (secondary N) is 1. The maximum atomic E-state index is 13.4. The average molecular weight is 509 g/mol. The van der Waals surface area contributed by atoms with Gasteiger partial charge in [-0.05, 0) is 66.7 Å². The van der Waals surface area contributed by atoms with Crippen LogP contribution in [-0.2, 0) is 20.5 Å². The van der Waals surface area contributed by atoms with Crippen LogP contribution in [-0.4, -0.2) is 28.3 Å². The fourth-order valence-corrected chi connectivity index (χ4v) is 3.34. The molecule has 0 saturated heterocycles. The number of para-hydroxylation sites is 1. The van der Waals surface area contributed by atoms with E-state index in [2.05, 4.69) is 10.4 Å². The molecule has 0 saturated carbocycles. The third-order valence-corrected chi connectivity index (χ3v) is 5.12. The summed E-state index contributed by atoms with van der Waals surface area (Å²) in [5.41, 5.74) is 1.71. The van der Waals surface area contributed by atoms with Crippen molar-refractivity contribution in [1.29, 1.82) is 0 Å². The number of nitrogens with zero attached hydrogens (tertiary/aromatic N) is 2. The van der Waals surface area contributed by atoms with Crippen molar-refractivity contribution in [2.24, 2.45) is 0 Å². The van der Waals surface area contributed by atoms with Crippen molar-refractivity contribution >= 4 is 23.6 Å². The Labute approximate surface area is 208 Å². The van der Waals surface area contributed by atoms with Crippen LogP contribution in [0.1, 0.15) is 11.1 Å². The zero-order valence-corrected chi connectivity index (χ0v) is 19.1. The highest BCUT2D eigenvalue weighted by molar-refractivity contribution is 5.95. The topological polar surface area (TPSA) is 73.2 Å². The van der Waals surface area contributed by atoms with Crippen LogP contribution >= 0.6 is 0 Å². The number of alkyl halides is 3. The SMILES string of the molecule is O=C(COC(=O)/C=C/c1cn(-c2ccccc2)nc1-c1ccc(F)cc1)Nc1ccc(C(F)(F)F)cc1. The molecule has 188 valence electrons. The monoisotopic (exact) mass is 509 g/mol. The number of benzene rings is 3. The van der Waals surface area contributed by atoms with Crippen molar-refractivity contribution in [3.63, 3.8) is 0 Å². The highest BCUT2D eigenvalue weighted by Crippen LogP contribution is 2.30. The Balaban J connectivity index is 1.42. The van der Waals surface area contributed by atoms with Crippen LogP contribution in [0.3, 0.4) is 0 Å². The highest BCUT2D eigenvalue weighted by atomic mass is 19.4. The molecule has 0 radical (unpaired) electrons. The first-order valence-corrected chi connectivity index (χ1v) is 10.9. The summed E-state index contributed by atoms with van der Waals surface area (Å²) in [6, 6.07) is 18.8. The molecule has 3 aromatic carbocycles. The summed E-state index contributed by atoms with van der Waals surface area (Å²) in [6.45, 7) is -0.641. The number of halogens is 4. The predicted octanol–water partition coefficient (Wildman–Crippen LogP) is 5.89. The molecule has 0 fully saturated rings. The summed E-state index contributed by atoms with van der Waals surface area (Å²) in [5.74, 6) is -1.94. The largest absolute Gasteiger partial charge is 0.452 e. The third kappa shape index (κ3) is 6.69. The zero-order chi connectivity index (χ0) is 26.4. The Morgan fingerprint density at radius 3 is 2.27 bits per heavy atom. The van der Waals surface area contributed by atoms with E-state index in [1.807, 2.05) is 30.3 Å². The number of hydrogen-bond acceptors (Lipinski definition) is 4. The second kappa shape index (κ2) is 10.9. The van der Waals surface area contributed by atoms with Crippen LogP contribution in [0.15, 0.2) is 91.1 Å². The minimum absolute atomic E-state index is 0.127. The normalized spacial score (nSPS) is 11.5. The number of anilines is 1. The van der Waals surface area contributed by atoms with E-state index in [0.717, 1.165) is 36.0 Å². The summed E-state index contributed by atoms with van der Waals surface area (Å²) in [6.07, 6.45) is -0.223. The molecule has 6 nitrogen and oxygen atoms in total. The molecule has 0 aliphatic rings. The smallest absolute Gasteiger partial charge is 0.416 e. The van der Waals surface area contributed by atoms with Gasteiger partial charge in [-0.25, -0.2) is 13.9 Å². The molecule has 0 bridgehead atoms. The Kier molecular flexibility index (Phi) is 7.47. The lowest BCUT2D eigenvalue weighted by atomic mass is 10.1. The average Bonchev–Trinajstić information content (AvgIpc) is 3.31. The van der Waals surface area contributed by atoms with Gasteiger partial charge in [-0.15, -0.1) is 0 Å². The fraction of sp³-hybridized carbons (Fsp3) is 0.0741. The number of aromatic nitrogens is 2. The van der Waals surface area contributed by atoms with Crippen LogP contribution < -0.4 is 5.32 Å². The van der Waals surface area contributed by atoms with E-state index in [9.17, 15) is 27.2 Å². The van der Waals surface area contributed by atoms with Crippen molar-refractivity contribution < 1.29 is 31.9 Å². The van der Waals surface area contributed by atoms with Crippen molar-refractivity contribution in [2.45, 2.75) is 6.18 Å². The van der Waals surface area contributed by atoms with Gasteiger partial charge in [0.25, 0.3) is 5.91 Å². The van der Waals surface area contributed by atoms with Crippen molar-refractivity contribution in [3.05, 3.63) is 108 Å². The van der Waals surface area contributed by atoms with Crippen LogP contribution in [0.4, 0.5) is 23.2 Å². The number of carbonyl (C=O) groups is 2. The summed E-state index contributed by atoms with van der Waals surface area (Å²) < 4.78 is 57.9. The molecule has 0 aliphatic carbocycles. The molecule has 4 aromatic rings. The quantitative estimate of drug-likeness (QED) is 0.192. The number of hydrogen-bond donors (Lipinski definition) is 1. The molecule has 0 spiro atoms. The van der Waals surface area contributed by atoms with Crippen LogP contribution in [0.2, 0.25) is 0 Å². The van der Waals surface area contributed by atoms with Gasteiger partial charge in [-0.2, -0.15) is 18.3 Å². The Morgan fingerprint density at radius 2 is 1.62 bits per heavy atom. The summed E-state index contributed by atoms with van der Waals surface area (Å²) in [7, 11) is 0. The number of ether oxygens (including phenoxy) is 1. The first kappa shape index (κ1) is 25.4. The highest BCUT2D eigenvalue weighted by Gasteiger charge is 2.30. The summed E-state index contributed by atoms with van der Waals surface area (Å²) in [5, 5.41) is 6.91. The zero-order valence-electron chi connectivity index (χ0n) is 19.1. The fourth-order valence-electron chi connectivity index (χ4n) is 3.34. The van der Waals surface area contributed by atoms with E-state index in [1.165, 1.54) is 18.2 Å². The molecule has 0 aliphatic heterocycles. The molecule has 0 unspecified atom stereocenters. The minimum atomic E-state index is -4.49. The summed E-state index contributed by atoms with van der Waals surface area (Å²) >= 11 is 0. The molecule has 1 heterocycles. The van der Waals surface area contributed by atoms with Crippen molar-refractivity contribution in [2.75, 3.05) is 11.9 Å². The van der Waals surface area contributed by atoms with Crippen LogP contribution in [0.5, 0.6) is 0 Å². The summed E-state index contributed by atoms with van der Waals surface area (Å²) in [4.78, 5) is 24.2. The maximum Gasteiger partial charge on any atom is 0.416 e. The van der Waals surface area contributed by atoms with Gasteiger partial charge in [-0.1, -0.05) is 18.2 Å². The number of carbonyl (C=O) groups excluding carboxylic acids is 2. The van der Waals surface area contributed by atoms with E-state index < -0.39 is 36.0 Å². The van der Waals surface area contributed by atoms with E-state index in [0.29, 0.717) is 16.8 Å². The number of esters is 1. The second-order valence-electron chi connectivity index (χ2n) is 7.78. The van der Waals surface area contributed by atoms with Crippen molar-refractivity contribution in [3.8, 4) is 16.9 Å². The van der Waals surface area contributed by atoms with Gasteiger partial charge < -0.3 is 10.1 Å². The Hall–Kier alpha value is -4.73. The molecule has 37 heavy (non-hydrogen) atoms. The van der Waals surface area contributed by atoms with E-state index in [-0.39, 0.29) is 5.69 Å². The number of amides is 1. The van der Waals surface area contributed by atoms with E-state index >= 15 is 0 Å². The third-order valence-electron chi connectivity index (χ3n) is 5.12. The van der Waals surface area contributed by atoms with E-state index in [1.54, 1.807) is 23.0 Å². The van der Waals surface area contributed by atoms with Gasteiger partial charge in [0.2, 0.25) is 0 Å². The standard InChI is InChI=1S/C27H19F4N3O3/c28-21-11-6-18(7-12-21)26-19(16-34(33-26)23-4-2-1-3-5-23)8-15-25(36)37-17-24(35)32-22-13-9-20(10-14-22)27(29,30)31/h1-16H,17H2,(H,32,35)/b15-8+. The minimum Gasteiger partial charge on any atom is -0.452 e. The van der Waals surface area contributed by atoms with E-state index in [4.69, 9.17) is 4.74 Å². The first-order valence-electron chi connectivity index (χ1n) is 10.9. The first-order chi connectivity index (χ1) is 17.7.